The van der Waals surface area contributed by atoms with E-state index in [1.165, 1.54) is 48.4 Å². The molecular formula is C59H32F18N8O2S2. The SMILES string of the molecule is Cc1c(CSc2c(F)c(F)c(C(F)(F)F)c(F)c2F)cc(C(=O)N2CCN(c3c(F)c(F)c(C4=NN(c5ccc(/C=C/C6=C(C#N)C(=C(C#N)C#N)NC6=O)cc5)C(c5ccccc5)C4)c(F)c3F)CC2)cc1CSc1c(F)c(F)c(C(F)(F)F)c(F)c1F. The van der Waals surface area contributed by atoms with E-state index in [0.29, 0.717) is 16.8 Å². The van der Waals surface area contributed by atoms with E-state index in [1.807, 2.05) is 0 Å². The Labute approximate surface area is 498 Å². The molecule has 0 spiro atoms. The Kier molecular flexibility index (Phi) is 18.0. The van der Waals surface area contributed by atoms with Crippen molar-refractivity contribution in [1.82, 2.24) is 10.2 Å². The number of thioether (sulfide) groups is 2. The number of benzene rings is 6. The van der Waals surface area contributed by atoms with Crippen LogP contribution in [-0.4, -0.2) is 48.6 Å². The molecule has 3 aliphatic heterocycles. The van der Waals surface area contributed by atoms with Crippen LogP contribution in [0.15, 0.2) is 110 Å². The first kappa shape index (κ1) is 64.1. The van der Waals surface area contributed by atoms with Crippen molar-refractivity contribution < 1.29 is 88.6 Å². The second kappa shape index (κ2) is 25.0. The predicted molar refractivity (Wildman–Crippen MR) is 285 cm³/mol. The number of carbonyl (C=O) groups excluding carboxylic acids is 2. The Morgan fingerprint density at radius 1 is 0.652 bits per heavy atom. The lowest BCUT2D eigenvalue weighted by molar-refractivity contribution is -0.144. The average Bonchev–Trinajstić information content (AvgIpc) is 2.02. The van der Waals surface area contributed by atoms with Gasteiger partial charge in [0.2, 0.25) is 0 Å². The minimum Gasteiger partial charge on any atom is -0.363 e. The summed E-state index contributed by atoms with van der Waals surface area (Å²) < 4.78 is 264. The maximum Gasteiger partial charge on any atom is 0.422 e. The summed E-state index contributed by atoms with van der Waals surface area (Å²) in [5.74, 6) is -32.2. The predicted octanol–water partition coefficient (Wildman–Crippen LogP) is 14.9. The number of allylic oxidation sites excluding steroid dienone is 2. The molecule has 0 bridgehead atoms. The van der Waals surface area contributed by atoms with E-state index in [9.17, 15) is 69.3 Å². The van der Waals surface area contributed by atoms with Crippen LogP contribution in [0.4, 0.5) is 90.4 Å². The summed E-state index contributed by atoms with van der Waals surface area (Å²) in [6.07, 6.45) is -9.42. The van der Waals surface area contributed by atoms with Crippen LogP contribution in [0.3, 0.4) is 0 Å². The molecule has 1 fully saturated rings. The van der Waals surface area contributed by atoms with Gasteiger partial charge in [0.1, 0.15) is 35.0 Å². The van der Waals surface area contributed by atoms with E-state index in [2.05, 4.69) is 10.4 Å². The zero-order valence-electron chi connectivity index (χ0n) is 44.6. The molecule has 1 saturated heterocycles. The number of hydrogen-bond donors (Lipinski definition) is 1. The summed E-state index contributed by atoms with van der Waals surface area (Å²) in [4.78, 5) is 25.5. The van der Waals surface area contributed by atoms with Gasteiger partial charge >= 0.3 is 12.4 Å². The van der Waals surface area contributed by atoms with E-state index < -0.39 is 187 Å². The van der Waals surface area contributed by atoms with Gasteiger partial charge < -0.3 is 15.1 Å². The van der Waals surface area contributed by atoms with Gasteiger partial charge in [-0.1, -0.05) is 48.5 Å². The lowest BCUT2D eigenvalue weighted by atomic mass is 9.96. The van der Waals surface area contributed by atoms with Crippen molar-refractivity contribution >= 4 is 58.5 Å². The molecule has 3 aliphatic rings. The van der Waals surface area contributed by atoms with E-state index in [1.54, 1.807) is 48.5 Å². The highest BCUT2D eigenvalue weighted by molar-refractivity contribution is 7.98. The van der Waals surface area contributed by atoms with E-state index in [4.69, 9.17) is 0 Å². The van der Waals surface area contributed by atoms with Crippen molar-refractivity contribution in [2.45, 2.75) is 53.0 Å². The molecule has 3 heterocycles. The van der Waals surface area contributed by atoms with Crippen LogP contribution in [0.1, 0.15) is 67.3 Å². The average molecular weight is 1290 g/mol. The number of nitriles is 3. The van der Waals surface area contributed by atoms with Crippen LogP contribution in [-0.2, 0) is 28.7 Å². The molecule has 0 radical (unpaired) electrons. The summed E-state index contributed by atoms with van der Waals surface area (Å²) in [5.41, 5.74) is -9.54. The maximum atomic E-state index is 16.5. The van der Waals surface area contributed by atoms with Crippen molar-refractivity contribution in [3.63, 3.8) is 0 Å². The molecule has 30 heteroatoms. The fourth-order valence-electron chi connectivity index (χ4n) is 9.85. The number of alkyl halides is 6. The number of halogens is 18. The molecular weight excluding hydrogens is 1260 g/mol. The topological polar surface area (TPSA) is 140 Å². The second-order valence-corrected chi connectivity index (χ2v) is 21.4. The number of rotatable bonds is 13. The third-order valence-electron chi connectivity index (χ3n) is 14.3. The van der Waals surface area contributed by atoms with Gasteiger partial charge in [-0.25, -0.2) is 52.7 Å². The smallest absolute Gasteiger partial charge is 0.363 e. The molecule has 1 unspecified atom stereocenters. The Hall–Kier alpha value is -9.34. The number of hydrazone groups is 1. The molecule has 0 aromatic heterocycles. The van der Waals surface area contributed by atoms with Crippen molar-refractivity contribution in [3.05, 3.63) is 215 Å². The first-order valence-corrected chi connectivity index (χ1v) is 27.4. The molecule has 458 valence electrons. The second-order valence-electron chi connectivity index (χ2n) is 19.4. The Bertz CT molecular complexity index is 4010. The molecule has 2 amide bonds. The van der Waals surface area contributed by atoms with Crippen molar-refractivity contribution in [3.8, 4) is 18.2 Å². The van der Waals surface area contributed by atoms with Gasteiger partial charge in [-0.3, -0.25) is 14.6 Å². The minimum absolute atomic E-state index is 0.116. The summed E-state index contributed by atoms with van der Waals surface area (Å²) in [6, 6.07) is 20.6. The minimum atomic E-state index is -5.91. The number of hydrogen-bond acceptors (Lipinski definition) is 10. The quantitative estimate of drug-likeness (QED) is 0.0518. The summed E-state index contributed by atoms with van der Waals surface area (Å²) in [6.45, 7) is -0.996. The number of piperazine rings is 1. The van der Waals surface area contributed by atoms with Gasteiger partial charge in [-0.05, 0) is 65.1 Å². The maximum absolute atomic E-state index is 16.5. The van der Waals surface area contributed by atoms with E-state index in [0.717, 1.165) is 21.9 Å². The number of amides is 2. The van der Waals surface area contributed by atoms with Crippen molar-refractivity contribution in [2.75, 3.05) is 36.1 Å². The summed E-state index contributed by atoms with van der Waals surface area (Å²) in [5, 5.41) is 36.3. The molecule has 1 atom stereocenters. The highest BCUT2D eigenvalue weighted by atomic mass is 32.2. The molecule has 1 N–H and O–H groups in total. The van der Waals surface area contributed by atoms with Crippen LogP contribution >= 0.6 is 23.5 Å². The molecule has 0 aliphatic carbocycles. The summed E-state index contributed by atoms with van der Waals surface area (Å²) in [7, 11) is 0. The molecule has 0 saturated carbocycles. The van der Waals surface area contributed by atoms with Crippen LogP contribution in [0.25, 0.3) is 6.08 Å². The molecule has 10 nitrogen and oxygen atoms in total. The van der Waals surface area contributed by atoms with E-state index >= 15 is 35.1 Å². The largest absolute Gasteiger partial charge is 0.422 e. The zero-order chi connectivity index (χ0) is 64.9. The normalized spacial score (nSPS) is 15.4. The van der Waals surface area contributed by atoms with Crippen LogP contribution in [0, 0.1) is 111 Å². The van der Waals surface area contributed by atoms with Gasteiger partial charge in [0.05, 0.1) is 49.6 Å². The number of anilines is 2. The van der Waals surface area contributed by atoms with Gasteiger partial charge in [0.15, 0.2) is 75.4 Å². The fourth-order valence-corrected chi connectivity index (χ4v) is 11.9. The fraction of sp³-hybridized carbons (Fsp3) is 0.186. The summed E-state index contributed by atoms with van der Waals surface area (Å²) >= 11 is -0.278. The molecule has 9 rings (SSSR count). The lowest BCUT2D eigenvalue weighted by Crippen LogP contribution is -2.49. The van der Waals surface area contributed by atoms with Gasteiger partial charge in [-0.15, -0.1) is 23.5 Å². The monoisotopic (exact) mass is 1290 g/mol. The van der Waals surface area contributed by atoms with Crippen molar-refractivity contribution in [1.29, 1.82) is 15.8 Å². The highest BCUT2D eigenvalue weighted by Gasteiger charge is 2.45. The first-order chi connectivity index (χ1) is 42.0. The number of carbonyl (C=O) groups is 2. The van der Waals surface area contributed by atoms with Crippen molar-refractivity contribution in [2.24, 2.45) is 5.10 Å². The third kappa shape index (κ3) is 12.1. The Morgan fingerprint density at radius 3 is 1.58 bits per heavy atom. The van der Waals surface area contributed by atoms with Gasteiger partial charge in [0.25, 0.3) is 11.8 Å². The third-order valence-corrected chi connectivity index (χ3v) is 16.5. The highest BCUT2D eigenvalue weighted by Crippen LogP contribution is 2.45. The lowest BCUT2D eigenvalue weighted by Gasteiger charge is -2.36. The standard InChI is InChI=1S/C59H32F18N8O2S2/c1-25-29(23-88-54-48(68)42(62)38(58(72,73)74)43(63)49(54)69)17-28(18-30(25)24-89-55-50(70)44(64)39(59(75,76)77)45(65)51(55)71)57(87)84-15-13-83(14-16-84)53-46(66)40(60)37(41(61)47(53)67)35-19-36(27-5-3-2-4-6-27)85(82-35)32-10-7-26(8-11-32)9-12-33-34(22-80)52(81-56(33)86)31(20-78)21-79/h2-12,17-18,36H,13-16,19,23-24H2,1H3,(H,81,86)/b12-9+. The van der Waals surface area contributed by atoms with Gasteiger partial charge in [-0.2, -0.15) is 47.2 Å². The zero-order valence-corrected chi connectivity index (χ0v) is 46.2. The van der Waals surface area contributed by atoms with E-state index in [-0.39, 0.29) is 63.5 Å². The number of nitrogens with zero attached hydrogens (tertiary/aromatic N) is 7. The first-order valence-electron chi connectivity index (χ1n) is 25.4. The van der Waals surface area contributed by atoms with Crippen LogP contribution in [0.2, 0.25) is 0 Å². The van der Waals surface area contributed by atoms with Crippen LogP contribution in [0.5, 0.6) is 0 Å². The van der Waals surface area contributed by atoms with Gasteiger partial charge in [0, 0.05) is 49.7 Å². The molecule has 6 aromatic rings. The van der Waals surface area contributed by atoms with Crippen LogP contribution < -0.4 is 15.2 Å². The number of nitrogens with one attached hydrogen (secondary N) is 1. The Balaban J connectivity index is 0.982. The Morgan fingerprint density at radius 2 is 1.13 bits per heavy atom. The molecule has 6 aromatic carbocycles. The molecule has 89 heavy (non-hydrogen) atoms.